The number of nitrogens with one attached hydrogen (secondary N) is 1. The van der Waals surface area contributed by atoms with E-state index in [4.69, 9.17) is 27.1 Å². The highest BCUT2D eigenvalue weighted by Gasteiger charge is 2.16. The molecule has 1 aromatic rings. The Morgan fingerprint density at radius 3 is 2.62 bits per heavy atom. The van der Waals surface area contributed by atoms with E-state index in [1.165, 1.54) is 0 Å². The maximum atomic E-state index is 12.0. The van der Waals surface area contributed by atoms with Crippen molar-refractivity contribution >= 4 is 5.91 Å². The van der Waals surface area contributed by atoms with Gasteiger partial charge in [0.05, 0.1) is 7.11 Å². The molecule has 0 bridgehead atoms. The number of rotatable bonds is 10. The predicted octanol–water partition coefficient (Wildman–Crippen LogP) is 1.79. The van der Waals surface area contributed by atoms with Crippen molar-refractivity contribution in [2.24, 2.45) is 0 Å². The van der Waals surface area contributed by atoms with Crippen molar-refractivity contribution in [3.05, 3.63) is 23.8 Å². The van der Waals surface area contributed by atoms with E-state index in [-0.39, 0.29) is 19.1 Å². The van der Waals surface area contributed by atoms with Crippen molar-refractivity contribution in [2.75, 3.05) is 26.9 Å². The van der Waals surface area contributed by atoms with Crippen LogP contribution >= 0.6 is 0 Å². The number of methoxy groups -OCH3 is 1. The molecule has 0 aliphatic heterocycles. The van der Waals surface area contributed by atoms with Gasteiger partial charge in [-0.3, -0.25) is 4.79 Å². The molecule has 1 amide bonds. The molecule has 5 nitrogen and oxygen atoms in total. The fourth-order valence-corrected chi connectivity index (χ4v) is 2.08. The molecule has 1 atom stereocenters. The van der Waals surface area contributed by atoms with E-state index in [0.29, 0.717) is 30.9 Å². The summed E-state index contributed by atoms with van der Waals surface area (Å²) in [6.07, 6.45) is 11.0. The van der Waals surface area contributed by atoms with Gasteiger partial charge in [-0.25, -0.2) is 0 Å². The van der Waals surface area contributed by atoms with Gasteiger partial charge in [-0.1, -0.05) is 24.8 Å². The number of amides is 1. The van der Waals surface area contributed by atoms with Crippen LogP contribution < -0.4 is 14.8 Å². The average Bonchev–Trinajstić information content (AvgIpc) is 2.61. The van der Waals surface area contributed by atoms with Crippen molar-refractivity contribution in [2.45, 2.75) is 25.9 Å². The topological polar surface area (TPSA) is 56.8 Å². The summed E-state index contributed by atoms with van der Waals surface area (Å²) in [6, 6.07) is 5.58. The second kappa shape index (κ2) is 11.0. The van der Waals surface area contributed by atoms with Gasteiger partial charge in [0.25, 0.3) is 0 Å². The highest BCUT2D eigenvalue weighted by molar-refractivity contribution is 5.80. The molecule has 1 N–H and O–H groups in total. The first kappa shape index (κ1) is 19.4. The summed E-state index contributed by atoms with van der Waals surface area (Å²) < 4.78 is 16.0. The largest absolute Gasteiger partial charge is 0.493 e. The third kappa shape index (κ3) is 6.24. The van der Waals surface area contributed by atoms with Gasteiger partial charge in [-0.05, 0) is 30.5 Å². The third-order valence-electron chi connectivity index (χ3n) is 3.28. The molecule has 1 unspecified atom stereocenters. The highest BCUT2D eigenvalue weighted by atomic mass is 16.5. The molecule has 0 fully saturated rings. The molecule has 0 aliphatic rings. The van der Waals surface area contributed by atoms with Crippen molar-refractivity contribution in [1.82, 2.24) is 5.32 Å². The fraction of sp³-hybridized carbons (Fsp3) is 0.421. The summed E-state index contributed by atoms with van der Waals surface area (Å²) in [6.45, 7) is 2.67. The van der Waals surface area contributed by atoms with Crippen LogP contribution in [0.2, 0.25) is 0 Å². The molecule has 0 spiro atoms. The van der Waals surface area contributed by atoms with E-state index in [1.807, 2.05) is 19.1 Å². The Morgan fingerprint density at radius 2 is 2.00 bits per heavy atom. The standard InChI is InChI=1S/C19H23NO4/c1-5-12-23-16(7-3)19(21)20-11-10-15-8-9-17(24-13-6-2)18(14-15)22-4/h1-2,8-9,14,16H,7,10-13H2,3-4H3,(H,20,21). The minimum absolute atomic E-state index is 0.127. The number of carbonyl (C=O) groups excluding carboxylic acids is 1. The summed E-state index contributed by atoms with van der Waals surface area (Å²) in [5.74, 6) is 5.82. The van der Waals surface area contributed by atoms with E-state index in [2.05, 4.69) is 17.2 Å². The summed E-state index contributed by atoms with van der Waals surface area (Å²) in [5.41, 5.74) is 1.01. The Morgan fingerprint density at radius 1 is 1.25 bits per heavy atom. The van der Waals surface area contributed by atoms with Crippen LogP contribution in [-0.4, -0.2) is 38.9 Å². The summed E-state index contributed by atoms with van der Waals surface area (Å²) >= 11 is 0. The second-order valence-electron chi connectivity index (χ2n) is 4.93. The number of benzene rings is 1. The van der Waals surface area contributed by atoms with Crippen LogP contribution in [0, 0.1) is 24.7 Å². The van der Waals surface area contributed by atoms with Gasteiger partial charge in [0.15, 0.2) is 11.5 Å². The summed E-state index contributed by atoms with van der Waals surface area (Å²) in [5, 5.41) is 2.85. The lowest BCUT2D eigenvalue weighted by atomic mass is 10.1. The molecule has 0 heterocycles. The molecular formula is C19H23NO4. The monoisotopic (exact) mass is 329 g/mol. The zero-order valence-corrected chi connectivity index (χ0v) is 14.1. The van der Waals surface area contributed by atoms with E-state index in [0.717, 1.165) is 5.56 Å². The van der Waals surface area contributed by atoms with E-state index in [9.17, 15) is 4.79 Å². The molecule has 0 saturated heterocycles. The summed E-state index contributed by atoms with van der Waals surface area (Å²) in [7, 11) is 1.57. The molecule has 0 radical (unpaired) electrons. The van der Waals surface area contributed by atoms with Crippen LogP contribution in [0.3, 0.4) is 0 Å². The lowest BCUT2D eigenvalue weighted by Crippen LogP contribution is -2.37. The van der Waals surface area contributed by atoms with Gasteiger partial charge in [0, 0.05) is 6.54 Å². The minimum atomic E-state index is -0.518. The maximum Gasteiger partial charge on any atom is 0.249 e. The molecule has 24 heavy (non-hydrogen) atoms. The van der Waals surface area contributed by atoms with Crippen molar-refractivity contribution in [3.8, 4) is 36.2 Å². The third-order valence-corrected chi connectivity index (χ3v) is 3.28. The SMILES string of the molecule is C#CCOc1ccc(CCNC(=O)C(CC)OCC#C)cc1OC. The van der Waals surface area contributed by atoms with Crippen molar-refractivity contribution in [1.29, 1.82) is 0 Å². The van der Waals surface area contributed by atoms with Crippen LogP contribution in [0.4, 0.5) is 0 Å². The smallest absolute Gasteiger partial charge is 0.249 e. The maximum absolute atomic E-state index is 12.0. The molecule has 0 aliphatic carbocycles. The number of ether oxygens (including phenoxy) is 3. The van der Waals surface area contributed by atoms with Gasteiger partial charge >= 0.3 is 0 Å². The Hall–Kier alpha value is -2.63. The fourth-order valence-electron chi connectivity index (χ4n) is 2.08. The van der Waals surface area contributed by atoms with Gasteiger partial charge in [0.1, 0.15) is 19.3 Å². The van der Waals surface area contributed by atoms with Crippen LogP contribution in [0.15, 0.2) is 18.2 Å². The predicted molar refractivity (Wildman–Crippen MR) is 92.9 cm³/mol. The lowest BCUT2D eigenvalue weighted by Gasteiger charge is -2.15. The zero-order chi connectivity index (χ0) is 17.8. The molecule has 0 saturated carbocycles. The number of carbonyl (C=O) groups is 1. The van der Waals surface area contributed by atoms with Gasteiger partial charge < -0.3 is 19.5 Å². The molecular weight excluding hydrogens is 306 g/mol. The normalized spacial score (nSPS) is 11.0. The molecule has 5 heteroatoms. The van der Waals surface area contributed by atoms with Crippen LogP contribution in [0.1, 0.15) is 18.9 Å². The zero-order valence-electron chi connectivity index (χ0n) is 14.1. The van der Waals surface area contributed by atoms with Crippen LogP contribution in [-0.2, 0) is 16.0 Å². The second-order valence-corrected chi connectivity index (χ2v) is 4.93. The van der Waals surface area contributed by atoms with Crippen molar-refractivity contribution < 1.29 is 19.0 Å². The minimum Gasteiger partial charge on any atom is -0.493 e. The Bertz CT molecular complexity index is 613. The van der Waals surface area contributed by atoms with E-state index >= 15 is 0 Å². The first-order chi connectivity index (χ1) is 11.7. The number of hydrogen-bond donors (Lipinski definition) is 1. The summed E-state index contributed by atoms with van der Waals surface area (Å²) in [4.78, 5) is 12.0. The van der Waals surface area contributed by atoms with Crippen molar-refractivity contribution in [3.63, 3.8) is 0 Å². The van der Waals surface area contributed by atoms with Gasteiger partial charge in [0.2, 0.25) is 5.91 Å². The highest BCUT2D eigenvalue weighted by Crippen LogP contribution is 2.28. The molecule has 1 aromatic carbocycles. The van der Waals surface area contributed by atoms with E-state index < -0.39 is 6.10 Å². The Kier molecular flexibility index (Phi) is 8.89. The molecule has 1 rings (SSSR count). The average molecular weight is 329 g/mol. The number of terminal acetylenes is 2. The van der Waals surface area contributed by atoms with Crippen LogP contribution in [0.5, 0.6) is 11.5 Å². The quantitative estimate of drug-likeness (QED) is 0.665. The lowest BCUT2D eigenvalue weighted by molar-refractivity contribution is -0.132. The molecule has 128 valence electrons. The van der Waals surface area contributed by atoms with E-state index in [1.54, 1.807) is 13.2 Å². The van der Waals surface area contributed by atoms with Gasteiger partial charge in [-0.2, -0.15) is 0 Å². The first-order valence-corrected chi connectivity index (χ1v) is 7.72. The Balaban J connectivity index is 2.54. The first-order valence-electron chi connectivity index (χ1n) is 7.72. The number of hydrogen-bond acceptors (Lipinski definition) is 4. The molecule has 0 aromatic heterocycles. The Labute approximate surface area is 143 Å². The van der Waals surface area contributed by atoms with Crippen LogP contribution in [0.25, 0.3) is 0 Å². The van der Waals surface area contributed by atoms with Gasteiger partial charge in [-0.15, -0.1) is 12.8 Å².